The van der Waals surface area contributed by atoms with Crippen molar-refractivity contribution in [2.24, 2.45) is 0 Å². The molecule has 2 rings (SSSR count). The van der Waals surface area contributed by atoms with Crippen LogP contribution in [0.3, 0.4) is 0 Å². The highest BCUT2D eigenvalue weighted by Gasteiger charge is 2.03. The largest absolute Gasteiger partial charge is 0.390 e. The van der Waals surface area contributed by atoms with Gasteiger partial charge in [0.15, 0.2) is 0 Å². The smallest absolute Gasteiger partial charge is 0.0831 e. The third-order valence-corrected chi connectivity index (χ3v) is 2.57. The zero-order valence-electron chi connectivity index (χ0n) is 7.89. The van der Waals surface area contributed by atoms with E-state index in [4.69, 9.17) is 5.11 Å². The summed E-state index contributed by atoms with van der Waals surface area (Å²) < 4.78 is 0. The van der Waals surface area contributed by atoms with Crippen LogP contribution in [0, 0.1) is 13.8 Å². The fourth-order valence-corrected chi connectivity index (χ4v) is 1.60. The normalized spacial score (nSPS) is 11.0. The average Bonchev–Trinajstić information content (AvgIpc) is 2.55. The van der Waals surface area contributed by atoms with E-state index in [2.05, 4.69) is 31.0 Å². The Morgan fingerprint density at radius 1 is 1.31 bits per heavy atom. The molecule has 0 aliphatic heterocycles. The summed E-state index contributed by atoms with van der Waals surface area (Å²) in [6, 6.07) is 6.16. The quantitative estimate of drug-likeness (QED) is 0.685. The highest BCUT2D eigenvalue weighted by Crippen LogP contribution is 2.22. The summed E-state index contributed by atoms with van der Waals surface area (Å²) in [5, 5.41) is 10.2. The summed E-state index contributed by atoms with van der Waals surface area (Å²) in [7, 11) is 0. The van der Waals surface area contributed by atoms with E-state index in [9.17, 15) is 0 Å². The van der Waals surface area contributed by atoms with Crippen molar-refractivity contribution in [1.29, 1.82) is 0 Å². The molecule has 2 heteroatoms. The number of H-pyrrole nitrogens is 1. The zero-order chi connectivity index (χ0) is 9.42. The van der Waals surface area contributed by atoms with Crippen molar-refractivity contribution in [3.63, 3.8) is 0 Å². The van der Waals surface area contributed by atoms with E-state index in [0.717, 1.165) is 11.2 Å². The minimum atomic E-state index is 0.0766. The van der Waals surface area contributed by atoms with Crippen LogP contribution in [0.15, 0.2) is 18.2 Å². The molecule has 2 N–H and O–H groups in total. The van der Waals surface area contributed by atoms with Crippen LogP contribution in [0.4, 0.5) is 0 Å². The minimum Gasteiger partial charge on any atom is -0.390 e. The van der Waals surface area contributed by atoms with E-state index >= 15 is 0 Å². The SMILES string of the molecule is Cc1ccc2[nH]c(CO)cc2c1C. The van der Waals surface area contributed by atoms with Gasteiger partial charge in [-0.25, -0.2) is 0 Å². The molecule has 0 fully saturated rings. The first-order valence-corrected chi connectivity index (χ1v) is 4.41. The Labute approximate surface area is 77.2 Å². The molecule has 0 spiro atoms. The molecule has 2 nitrogen and oxygen atoms in total. The van der Waals surface area contributed by atoms with E-state index in [0.29, 0.717) is 0 Å². The van der Waals surface area contributed by atoms with E-state index in [1.165, 1.54) is 16.5 Å². The molecule has 0 unspecified atom stereocenters. The number of aliphatic hydroxyl groups is 1. The molecule has 2 aromatic rings. The molecule has 0 bridgehead atoms. The predicted octanol–water partition coefficient (Wildman–Crippen LogP) is 2.28. The van der Waals surface area contributed by atoms with Crippen LogP contribution in [0.5, 0.6) is 0 Å². The second-order valence-corrected chi connectivity index (χ2v) is 3.42. The van der Waals surface area contributed by atoms with Crippen molar-refractivity contribution in [3.8, 4) is 0 Å². The number of aryl methyl sites for hydroxylation is 2. The molecule has 0 aliphatic carbocycles. The van der Waals surface area contributed by atoms with Gasteiger partial charge >= 0.3 is 0 Å². The molecule has 68 valence electrons. The average molecular weight is 175 g/mol. The van der Waals surface area contributed by atoms with Gasteiger partial charge in [0.1, 0.15) is 0 Å². The molecule has 1 heterocycles. The molecular weight excluding hydrogens is 162 g/mol. The van der Waals surface area contributed by atoms with Crippen LogP contribution in [-0.2, 0) is 6.61 Å². The summed E-state index contributed by atoms with van der Waals surface area (Å²) in [4.78, 5) is 3.16. The molecule has 1 aromatic carbocycles. The topological polar surface area (TPSA) is 36.0 Å². The standard InChI is InChI=1S/C11H13NO/c1-7-3-4-11-10(8(7)2)5-9(6-13)12-11/h3-5,12-13H,6H2,1-2H3. The van der Waals surface area contributed by atoms with E-state index in [1.54, 1.807) is 0 Å². The number of benzene rings is 1. The first kappa shape index (κ1) is 8.32. The van der Waals surface area contributed by atoms with Gasteiger partial charge in [-0.2, -0.15) is 0 Å². The maximum atomic E-state index is 8.97. The highest BCUT2D eigenvalue weighted by atomic mass is 16.3. The van der Waals surface area contributed by atoms with Gasteiger partial charge in [-0.3, -0.25) is 0 Å². The molecule has 1 aromatic heterocycles. The van der Waals surface area contributed by atoms with Crippen molar-refractivity contribution in [3.05, 3.63) is 35.0 Å². The minimum absolute atomic E-state index is 0.0766. The molecule has 0 saturated heterocycles. The number of aromatic amines is 1. The Morgan fingerprint density at radius 3 is 2.77 bits per heavy atom. The molecular formula is C11H13NO. The molecule has 0 radical (unpaired) electrons. The van der Waals surface area contributed by atoms with Gasteiger partial charge in [-0.1, -0.05) is 6.07 Å². The van der Waals surface area contributed by atoms with Crippen LogP contribution < -0.4 is 0 Å². The van der Waals surface area contributed by atoms with Gasteiger partial charge in [0.2, 0.25) is 0 Å². The first-order valence-electron chi connectivity index (χ1n) is 4.41. The maximum absolute atomic E-state index is 8.97. The van der Waals surface area contributed by atoms with Crippen molar-refractivity contribution in [1.82, 2.24) is 4.98 Å². The van der Waals surface area contributed by atoms with Gasteiger partial charge < -0.3 is 10.1 Å². The maximum Gasteiger partial charge on any atom is 0.0831 e. The Hall–Kier alpha value is -1.28. The number of aromatic nitrogens is 1. The van der Waals surface area contributed by atoms with E-state index < -0.39 is 0 Å². The highest BCUT2D eigenvalue weighted by molar-refractivity contribution is 5.84. The third-order valence-electron chi connectivity index (χ3n) is 2.57. The number of nitrogens with one attached hydrogen (secondary N) is 1. The first-order chi connectivity index (χ1) is 6.22. The van der Waals surface area contributed by atoms with Crippen molar-refractivity contribution < 1.29 is 5.11 Å². The number of rotatable bonds is 1. The van der Waals surface area contributed by atoms with Gasteiger partial charge in [0.05, 0.1) is 6.61 Å². The Balaban J connectivity index is 2.76. The second kappa shape index (κ2) is 2.89. The molecule has 0 aliphatic rings. The van der Waals surface area contributed by atoms with Gasteiger partial charge in [-0.15, -0.1) is 0 Å². The van der Waals surface area contributed by atoms with E-state index in [1.807, 2.05) is 6.07 Å². The molecule has 0 saturated carbocycles. The fourth-order valence-electron chi connectivity index (χ4n) is 1.60. The summed E-state index contributed by atoms with van der Waals surface area (Å²) in [6.45, 7) is 4.28. The van der Waals surface area contributed by atoms with Crippen LogP contribution in [0.2, 0.25) is 0 Å². The van der Waals surface area contributed by atoms with Crippen LogP contribution in [0.1, 0.15) is 16.8 Å². The van der Waals surface area contributed by atoms with Crippen LogP contribution >= 0.6 is 0 Å². The second-order valence-electron chi connectivity index (χ2n) is 3.42. The van der Waals surface area contributed by atoms with Crippen LogP contribution in [-0.4, -0.2) is 10.1 Å². The fraction of sp³-hybridized carbons (Fsp3) is 0.273. The Bertz CT molecular complexity index is 443. The van der Waals surface area contributed by atoms with Crippen LogP contribution in [0.25, 0.3) is 10.9 Å². The van der Waals surface area contributed by atoms with E-state index in [-0.39, 0.29) is 6.61 Å². The Morgan fingerprint density at radius 2 is 2.08 bits per heavy atom. The van der Waals surface area contributed by atoms with Crippen molar-refractivity contribution in [2.75, 3.05) is 0 Å². The van der Waals surface area contributed by atoms with Gasteiger partial charge in [0.25, 0.3) is 0 Å². The van der Waals surface area contributed by atoms with Crippen molar-refractivity contribution in [2.45, 2.75) is 20.5 Å². The van der Waals surface area contributed by atoms with Gasteiger partial charge in [0, 0.05) is 16.6 Å². The zero-order valence-corrected chi connectivity index (χ0v) is 7.89. The Kier molecular flexibility index (Phi) is 1.85. The molecule has 0 atom stereocenters. The summed E-state index contributed by atoms with van der Waals surface area (Å²) in [5.41, 5.74) is 4.56. The number of fused-ring (bicyclic) bond motifs is 1. The summed E-state index contributed by atoms with van der Waals surface area (Å²) in [5.74, 6) is 0. The number of aliphatic hydroxyl groups excluding tert-OH is 1. The lowest BCUT2D eigenvalue weighted by molar-refractivity contribution is 0.278. The lowest BCUT2D eigenvalue weighted by Gasteiger charge is -1.99. The monoisotopic (exact) mass is 175 g/mol. The number of hydrogen-bond donors (Lipinski definition) is 2. The number of hydrogen-bond acceptors (Lipinski definition) is 1. The summed E-state index contributed by atoms with van der Waals surface area (Å²) >= 11 is 0. The molecule has 13 heavy (non-hydrogen) atoms. The lowest BCUT2D eigenvalue weighted by atomic mass is 10.1. The third kappa shape index (κ3) is 1.23. The van der Waals surface area contributed by atoms with Gasteiger partial charge in [-0.05, 0) is 37.1 Å². The van der Waals surface area contributed by atoms with Crippen molar-refractivity contribution >= 4 is 10.9 Å². The lowest BCUT2D eigenvalue weighted by Crippen LogP contribution is -1.80. The predicted molar refractivity (Wildman–Crippen MR) is 53.7 cm³/mol. The molecule has 0 amide bonds. The summed E-state index contributed by atoms with van der Waals surface area (Å²) in [6.07, 6.45) is 0.